The van der Waals surface area contributed by atoms with Crippen LogP contribution in [-0.4, -0.2) is 30.6 Å². The molecule has 7 heteroatoms. The molecular formula is C14H16FN3O2S. The fourth-order valence-electron chi connectivity index (χ4n) is 1.70. The molecule has 0 bridgehead atoms. The van der Waals surface area contributed by atoms with Gasteiger partial charge in [-0.2, -0.15) is 0 Å². The van der Waals surface area contributed by atoms with Gasteiger partial charge >= 0.3 is 0 Å². The van der Waals surface area contributed by atoms with Gasteiger partial charge in [-0.05, 0) is 17.7 Å². The van der Waals surface area contributed by atoms with Gasteiger partial charge in [-0.25, -0.2) is 9.37 Å². The lowest BCUT2D eigenvalue weighted by molar-refractivity contribution is -0.118. The molecule has 112 valence electrons. The maximum Gasteiger partial charge on any atom is 0.245 e. The topological polar surface area (TPSA) is 77.2 Å². The number of hydrogen-bond donors (Lipinski definition) is 2. The second kappa shape index (κ2) is 7.26. The van der Waals surface area contributed by atoms with Crippen LogP contribution >= 0.6 is 11.3 Å². The van der Waals surface area contributed by atoms with Crippen LogP contribution in [0.3, 0.4) is 0 Å². The van der Waals surface area contributed by atoms with Crippen molar-refractivity contribution in [3.8, 4) is 0 Å². The van der Waals surface area contributed by atoms with Crippen molar-refractivity contribution in [2.24, 2.45) is 5.73 Å². The van der Waals surface area contributed by atoms with E-state index < -0.39 is 6.04 Å². The van der Waals surface area contributed by atoms with E-state index in [1.54, 1.807) is 18.3 Å². The number of hydrogen-bond acceptors (Lipinski definition) is 5. The molecule has 1 aromatic carbocycles. The zero-order valence-electron chi connectivity index (χ0n) is 11.5. The second-order valence-corrected chi connectivity index (χ2v) is 5.60. The molecule has 0 saturated carbocycles. The van der Waals surface area contributed by atoms with Crippen LogP contribution in [0.5, 0.6) is 0 Å². The molecule has 1 amide bonds. The van der Waals surface area contributed by atoms with Crippen molar-refractivity contribution in [1.82, 2.24) is 4.98 Å². The molecule has 21 heavy (non-hydrogen) atoms. The molecule has 3 N–H and O–H groups in total. The molecule has 0 aliphatic rings. The molecular weight excluding hydrogens is 293 g/mol. The summed E-state index contributed by atoms with van der Waals surface area (Å²) in [5.74, 6) is -0.595. The van der Waals surface area contributed by atoms with E-state index in [0.29, 0.717) is 11.6 Å². The number of rotatable bonds is 6. The van der Waals surface area contributed by atoms with Gasteiger partial charge in [0.25, 0.3) is 0 Å². The summed E-state index contributed by atoms with van der Waals surface area (Å²) in [6.45, 7) is 0.152. The fourth-order valence-corrected chi connectivity index (χ4v) is 2.55. The Morgan fingerprint density at radius 3 is 2.86 bits per heavy atom. The highest BCUT2D eigenvalue weighted by Gasteiger charge is 2.14. The van der Waals surface area contributed by atoms with Gasteiger partial charge in [0.05, 0.1) is 6.61 Å². The summed E-state index contributed by atoms with van der Waals surface area (Å²) < 4.78 is 17.7. The summed E-state index contributed by atoms with van der Waals surface area (Å²) in [6.07, 6.45) is 2.32. The van der Waals surface area contributed by atoms with E-state index in [-0.39, 0.29) is 18.3 Å². The predicted molar refractivity (Wildman–Crippen MR) is 79.8 cm³/mol. The number of benzene rings is 1. The number of halogens is 1. The number of nitrogens with two attached hydrogens (primary N) is 1. The van der Waals surface area contributed by atoms with Crippen LogP contribution in [0.1, 0.15) is 10.4 Å². The highest BCUT2D eigenvalue weighted by Crippen LogP contribution is 2.21. The molecule has 0 radical (unpaired) electrons. The predicted octanol–water partition coefficient (Wildman–Crippen LogP) is 1.79. The molecule has 1 atom stereocenters. The molecule has 0 spiro atoms. The second-order valence-electron chi connectivity index (χ2n) is 4.49. The number of amides is 1. The van der Waals surface area contributed by atoms with Crippen LogP contribution in [0.2, 0.25) is 0 Å². The summed E-state index contributed by atoms with van der Waals surface area (Å²) in [6, 6.07) is 5.56. The van der Waals surface area contributed by atoms with E-state index in [2.05, 4.69) is 10.3 Å². The number of carbonyl (C=O) groups is 1. The third-order valence-corrected chi connectivity index (χ3v) is 3.67. The Morgan fingerprint density at radius 2 is 2.19 bits per heavy atom. The van der Waals surface area contributed by atoms with E-state index in [0.717, 1.165) is 10.4 Å². The van der Waals surface area contributed by atoms with Crippen molar-refractivity contribution < 1.29 is 13.9 Å². The fraction of sp³-hybridized carbons (Fsp3) is 0.286. The lowest BCUT2D eigenvalue weighted by Gasteiger charge is -2.08. The average molecular weight is 309 g/mol. The van der Waals surface area contributed by atoms with Crippen molar-refractivity contribution in [1.29, 1.82) is 0 Å². The normalized spacial score (nSPS) is 12.1. The van der Waals surface area contributed by atoms with Crippen molar-refractivity contribution in [2.75, 3.05) is 19.0 Å². The minimum absolute atomic E-state index is 0.152. The van der Waals surface area contributed by atoms with E-state index >= 15 is 0 Å². The van der Waals surface area contributed by atoms with E-state index in [9.17, 15) is 9.18 Å². The minimum atomic E-state index is -0.723. The van der Waals surface area contributed by atoms with Gasteiger partial charge in [-0.15, -0.1) is 11.3 Å². The lowest BCUT2D eigenvalue weighted by atomic mass is 10.1. The van der Waals surface area contributed by atoms with Crippen LogP contribution in [-0.2, 0) is 16.0 Å². The summed E-state index contributed by atoms with van der Waals surface area (Å²) in [4.78, 5) is 16.8. The molecule has 0 aliphatic carbocycles. The molecule has 5 nitrogen and oxygen atoms in total. The molecule has 2 rings (SSSR count). The summed E-state index contributed by atoms with van der Waals surface area (Å²) in [7, 11) is 1.48. The largest absolute Gasteiger partial charge is 0.383 e. The van der Waals surface area contributed by atoms with Crippen LogP contribution in [0.25, 0.3) is 0 Å². The number of methoxy groups -OCH3 is 1. The highest BCUT2D eigenvalue weighted by molar-refractivity contribution is 7.15. The van der Waals surface area contributed by atoms with Crippen LogP contribution in [0, 0.1) is 5.82 Å². The van der Waals surface area contributed by atoms with E-state index in [1.807, 2.05) is 0 Å². The number of thiazole rings is 1. The molecule has 1 aromatic heterocycles. The number of nitrogens with zero attached hydrogens (tertiary/aromatic N) is 1. The molecule has 2 aromatic rings. The zero-order valence-corrected chi connectivity index (χ0v) is 12.3. The third-order valence-electron chi connectivity index (χ3n) is 2.76. The maximum atomic E-state index is 12.8. The highest BCUT2D eigenvalue weighted by atomic mass is 32.1. The molecule has 0 fully saturated rings. The number of ether oxygens (including phenoxy) is 1. The first-order valence-corrected chi connectivity index (χ1v) is 7.14. The average Bonchev–Trinajstić information content (AvgIpc) is 2.89. The van der Waals surface area contributed by atoms with Crippen molar-refractivity contribution in [3.63, 3.8) is 0 Å². The monoisotopic (exact) mass is 309 g/mol. The maximum absolute atomic E-state index is 12.8. The van der Waals surface area contributed by atoms with Gasteiger partial charge in [0, 0.05) is 24.6 Å². The number of aromatic nitrogens is 1. The first-order valence-electron chi connectivity index (χ1n) is 6.33. The molecule has 1 unspecified atom stereocenters. The third kappa shape index (κ3) is 4.59. The smallest absolute Gasteiger partial charge is 0.245 e. The summed E-state index contributed by atoms with van der Waals surface area (Å²) in [5, 5.41) is 3.13. The SMILES string of the molecule is COCC(N)C(=O)Nc1ncc(Cc2ccc(F)cc2)s1. The lowest BCUT2D eigenvalue weighted by Crippen LogP contribution is -2.39. The Labute approximate surface area is 126 Å². The van der Waals surface area contributed by atoms with Crippen molar-refractivity contribution in [2.45, 2.75) is 12.5 Å². The summed E-state index contributed by atoms with van der Waals surface area (Å²) >= 11 is 1.36. The molecule has 1 heterocycles. The van der Waals surface area contributed by atoms with Crippen molar-refractivity contribution >= 4 is 22.4 Å². The Bertz CT molecular complexity index is 601. The van der Waals surface area contributed by atoms with Crippen molar-refractivity contribution in [3.05, 3.63) is 46.7 Å². The van der Waals surface area contributed by atoms with Crippen LogP contribution < -0.4 is 11.1 Å². The van der Waals surface area contributed by atoms with Gasteiger partial charge < -0.3 is 15.8 Å². The van der Waals surface area contributed by atoms with E-state index in [4.69, 9.17) is 10.5 Å². The molecule has 0 aliphatic heterocycles. The van der Waals surface area contributed by atoms with Crippen LogP contribution in [0.4, 0.5) is 9.52 Å². The van der Waals surface area contributed by atoms with Gasteiger partial charge in [-0.3, -0.25) is 4.79 Å². The van der Waals surface area contributed by atoms with Gasteiger partial charge in [0.15, 0.2) is 5.13 Å². The number of nitrogens with one attached hydrogen (secondary N) is 1. The minimum Gasteiger partial charge on any atom is -0.383 e. The first kappa shape index (κ1) is 15.6. The Morgan fingerprint density at radius 1 is 1.48 bits per heavy atom. The Balaban J connectivity index is 1.95. The number of carbonyl (C=O) groups excluding carboxylic acids is 1. The first-order chi connectivity index (χ1) is 10.1. The standard InChI is InChI=1S/C14H16FN3O2S/c1-20-8-12(16)13(19)18-14-17-7-11(21-14)6-9-2-4-10(15)5-3-9/h2-5,7,12H,6,8,16H2,1H3,(H,17,18,19). The Hall–Kier alpha value is -1.83. The number of anilines is 1. The molecule has 0 saturated heterocycles. The Kier molecular flexibility index (Phi) is 5.38. The van der Waals surface area contributed by atoms with Crippen LogP contribution in [0.15, 0.2) is 30.5 Å². The van der Waals surface area contributed by atoms with E-state index in [1.165, 1.54) is 30.6 Å². The quantitative estimate of drug-likeness (QED) is 0.853. The van der Waals surface area contributed by atoms with Gasteiger partial charge in [-0.1, -0.05) is 12.1 Å². The van der Waals surface area contributed by atoms with Gasteiger partial charge in [0.2, 0.25) is 5.91 Å². The summed E-state index contributed by atoms with van der Waals surface area (Å²) in [5.41, 5.74) is 6.60. The van der Waals surface area contributed by atoms with Gasteiger partial charge in [0.1, 0.15) is 11.9 Å². The zero-order chi connectivity index (χ0) is 15.2.